The molecule has 17 heavy (non-hydrogen) atoms. The fraction of sp³-hybridized carbons (Fsp3) is 0.700. The molecule has 96 valence electrons. The normalized spacial score (nSPS) is 10.5. The Balaban J connectivity index is 3.08. The number of hydrogen-bond donors (Lipinski definition) is 1. The highest BCUT2D eigenvalue weighted by atomic mass is 16.5. The number of hydrogen-bond acceptors (Lipinski definition) is 7. The lowest BCUT2D eigenvalue weighted by molar-refractivity contribution is 0.339. The van der Waals surface area contributed by atoms with Crippen LogP contribution >= 0.6 is 0 Å². The molecule has 0 unspecified atom stereocenters. The van der Waals surface area contributed by atoms with Gasteiger partial charge in [-0.15, -0.1) is 4.98 Å². The monoisotopic (exact) mass is 241 g/mol. The summed E-state index contributed by atoms with van der Waals surface area (Å²) < 4.78 is 10.0. The zero-order valence-corrected chi connectivity index (χ0v) is 10.7. The van der Waals surface area contributed by atoms with E-state index in [0.29, 0.717) is 19.0 Å². The maximum Gasteiger partial charge on any atom is 0.324 e. The fourth-order valence-electron chi connectivity index (χ4n) is 1.37. The molecule has 2 N–H and O–H groups in total. The van der Waals surface area contributed by atoms with Crippen LogP contribution in [0.2, 0.25) is 0 Å². The molecule has 0 aliphatic heterocycles. The number of rotatable bonds is 6. The minimum absolute atomic E-state index is 0.231. The van der Waals surface area contributed by atoms with Crippen molar-refractivity contribution in [2.75, 3.05) is 32.2 Å². The van der Waals surface area contributed by atoms with E-state index in [1.54, 1.807) is 0 Å². The molecule has 0 saturated carbocycles. The van der Waals surface area contributed by atoms with Gasteiger partial charge < -0.3 is 20.1 Å². The van der Waals surface area contributed by atoms with Gasteiger partial charge in [-0.1, -0.05) is 0 Å². The zero-order chi connectivity index (χ0) is 12.8. The molecule has 7 heteroatoms. The second kappa shape index (κ2) is 6.19. The molecular weight excluding hydrogens is 222 g/mol. The minimum atomic E-state index is 0.231. The topological polar surface area (TPSA) is 86.4 Å². The van der Waals surface area contributed by atoms with Crippen molar-refractivity contribution in [3.8, 4) is 12.0 Å². The maximum absolute atomic E-state index is 5.57. The van der Waals surface area contributed by atoms with Crippen molar-refractivity contribution in [2.45, 2.75) is 19.9 Å². The van der Waals surface area contributed by atoms with E-state index in [1.165, 1.54) is 14.2 Å². The van der Waals surface area contributed by atoms with Gasteiger partial charge in [0.2, 0.25) is 5.95 Å². The molecule has 1 aromatic heterocycles. The van der Waals surface area contributed by atoms with E-state index in [0.717, 1.165) is 0 Å². The standard InChI is InChI=1S/C10H19N5O2/c1-7(2)15(6-5-11)8-12-9(16-3)14-10(13-8)17-4/h7H,5-6,11H2,1-4H3. The maximum atomic E-state index is 5.57. The summed E-state index contributed by atoms with van der Waals surface area (Å²) in [5.41, 5.74) is 5.57. The average molecular weight is 241 g/mol. The lowest BCUT2D eigenvalue weighted by atomic mass is 10.3. The summed E-state index contributed by atoms with van der Waals surface area (Å²) in [5, 5.41) is 0. The molecule has 7 nitrogen and oxygen atoms in total. The van der Waals surface area contributed by atoms with Gasteiger partial charge in [0.05, 0.1) is 14.2 Å². The van der Waals surface area contributed by atoms with E-state index in [9.17, 15) is 0 Å². The Labute approximate surface area is 101 Å². The van der Waals surface area contributed by atoms with Crippen molar-refractivity contribution in [1.82, 2.24) is 15.0 Å². The van der Waals surface area contributed by atoms with Crippen molar-refractivity contribution >= 4 is 5.95 Å². The van der Waals surface area contributed by atoms with Crippen LogP contribution < -0.4 is 20.1 Å². The summed E-state index contributed by atoms with van der Waals surface area (Å²) in [5.74, 6) is 0.508. The molecule has 0 saturated heterocycles. The molecule has 0 atom stereocenters. The quantitative estimate of drug-likeness (QED) is 0.753. The van der Waals surface area contributed by atoms with Crippen molar-refractivity contribution in [1.29, 1.82) is 0 Å². The molecule has 0 aromatic carbocycles. The van der Waals surface area contributed by atoms with Crippen molar-refractivity contribution < 1.29 is 9.47 Å². The van der Waals surface area contributed by atoms with E-state index in [-0.39, 0.29) is 18.1 Å². The van der Waals surface area contributed by atoms with E-state index in [2.05, 4.69) is 15.0 Å². The Morgan fingerprint density at radius 2 is 1.65 bits per heavy atom. The van der Waals surface area contributed by atoms with Crippen LogP contribution in [0.15, 0.2) is 0 Å². The predicted octanol–water partition coefficient (Wildman–Crippen LogP) is 0.0623. The first-order valence-corrected chi connectivity index (χ1v) is 5.43. The van der Waals surface area contributed by atoms with E-state index in [4.69, 9.17) is 15.2 Å². The molecule has 0 aliphatic rings. The van der Waals surface area contributed by atoms with Gasteiger partial charge in [0.15, 0.2) is 0 Å². The molecule has 0 amide bonds. The number of aromatic nitrogens is 3. The number of methoxy groups -OCH3 is 2. The summed E-state index contributed by atoms with van der Waals surface area (Å²) in [4.78, 5) is 14.3. The molecule has 1 aromatic rings. The Bertz CT molecular complexity index is 336. The summed E-state index contributed by atoms with van der Waals surface area (Å²) in [6, 6.07) is 0.694. The highest BCUT2D eigenvalue weighted by molar-refractivity contribution is 5.33. The largest absolute Gasteiger partial charge is 0.467 e. The predicted molar refractivity (Wildman–Crippen MR) is 64.5 cm³/mol. The van der Waals surface area contributed by atoms with Gasteiger partial charge in [0.25, 0.3) is 0 Å². The van der Waals surface area contributed by atoms with Crippen molar-refractivity contribution in [3.05, 3.63) is 0 Å². The lowest BCUT2D eigenvalue weighted by Crippen LogP contribution is -2.36. The third-order valence-corrected chi connectivity index (χ3v) is 2.20. The third kappa shape index (κ3) is 3.42. The number of anilines is 1. The second-order valence-corrected chi connectivity index (χ2v) is 3.68. The first kappa shape index (κ1) is 13.4. The molecule has 0 radical (unpaired) electrons. The van der Waals surface area contributed by atoms with Crippen LogP contribution in [-0.2, 0) is 0 Å². The third-order valence-electron chi connectivity index (χ3n) is 2.20. The minimum Gasteiger partial charge on any atom is -0.467 e. The van der Waals surface area contributed by atoms with Crippen LogP contribution in [0.5, 0.6) is 12.0 Å². The van der Waals surface area contributed by atoms with Gasteiger partial charge in [0, 0.05) is 19.1 Å². The van der Waals surface area contributed by atoms with Crippen molar-refractivity contribution in [2.24, 2.45) is 5.73 Å². The SMILES string of the molecule is COc1nc(OC)nc(N(CCN)C(C)C)n1. The second-order valence-electron chi connectivity index (χ2n) is 3.68. The van der Waals surface area contributed by atoms with Gasteiger partial charge in [0.1, 0.15) is 0 Å². The van der Waals surface area contributed by atoms with E-state index >= 15 is 0 Å². The van der Waals surface area contributed by atoms with Crippen LogP contribution in [-0.4, -0.2) is 48.3 Å². The number of nitrogens with two attached hydrogens (primary N) is 1. The van der Waals surface area contributed by atoms with Crippen LogP contribution in [0.25, 0.3) is 0 Å². The highest BCUT2D eigenvalue weighted by Crippen LogP contribution is 2.17. The summed E-state index contributed by atoms with van der Waals surface area (Å²) in [6.45, 7) is 5.26. The van der Waals surface area contributed by atoms with Crippen molar-refractivity contribution in [3.63, 3.8) is 0 Å². The number of nitrogens with zero attached hydrogens (tertiary/aromatic N) is 4. The molecule has 1 rings (SSSR count). The fourth-order valence-corrected chi connectivity index (χ4v) is 1.37. The molecule has 0 fully saturated rings. The van der Waals surface area contributed by atoms with Crippen LogP contribution in [0, 0.1) is 0 Å². The number of ether oxygens (including phenoxy) is 2. The Morgan fingerprint density at radius 3 is 2.00 bits per heavy atom. The molecule has 1 heterocycles. The molecule has 0 bridgehead atoms. The van der Waals surface area contributed by atoms with E-state index in [1.807, 2.05) is 18.7 Å². The summed E-state index contributed by atoms with van der Waals surface area (Å²) >= 11 is 0. The van der Waals surface area contributed by atoms with Crippen LogP contribution in [0.3, 0.4) is 0 Å². The highest BCUT2D eigenvalue weighted by Gasteiger charge is 2.16. The first-order valence-electron chi connectivity index (χ1n) is 5.43. The zero-order valence-electron chi connectivity index (χ0n) is 10.7. The van der Waals surface area contributed by atoms with Gasteiger partial charge >= 0.3 is 12.0 Å². The van der Waals surface area contributed by atoms with Crippen LogP contribution in [0.1, 0.15) is 13.8 Å². The Hall–Kier alpha value is -1.63. The Kier molecular flexibility index (Phi) is 4.89. The molecular formula is C10H19N5O2. The molecule has 0 spiro atoms. The first-order chi connectivity index (χ1) is 8.12. The molecule has 0 aliphatic carbocycles. The van der Waals surface area contributed by atoms with Gasteiger partial charge in [-0.25, -0.2) is 0 Å². The average Bonchev–Trinajstić information content (AvgIpc) is 2.34. The Morgan fingerprint density at radius 1 is 1.12 bits per heavy atom. The van der Waals surface area contributed by atoms with Gasteiger partial charge in [-0.05, 0) is 13.8 Å². The van der Waals surface area contributed by atoms with Gasteiger partial charge in [-0.3, -0.25) is 0 Å². The summed E-state index contributed by atoms with van der Waals surface area (Å²) in [7, 11) is 3.00. The van der Waals surface area contributed by atoms with Gasteiger partial charge in [-0.2, -0.15) is 9.97 Å². The smallest absolute Gasteiger partial charge is 0.324 e. The summed E-state index contributed by atoms with van der Waals surface area (Å²) in [6.07, 6.45) is 0. The lowest BCUT2D eigenvalue weighted by Gasteiger charge is -2.26. The van der Waals surface area contributed by atoms with Crippen LogP contribution in [0.4, 0.5) is 5.95 Å². The van der Waals surface area contributed by atoms with E-state index < -0.39 is 0 Å².